The molecule has 2 N–H and O–H groups in total. The van der Waals surface area contributed by atoms with E-state index >= 15 is 0 Å². The Bertz CT molecular complexity index is 716. The van der Waals surface area contributed by atoms with Crippen LogP contribution in [0.5, 0.6) is 0 Å². The first-order chi connectivity index (χ1) is 13.2. The number of nitrogens with one attached hydrogen (secondary N) is 2. The Morgan fingerprint density at radius 2 is 1.71 bits per heavy atom. The summed E-state index contributed by atoms with van der Waals surface area (Å²) in [5.41, 5.74) is -1.16. The van der Waals surface area contributed by atoms with Gasteiger partial charge in [-0.05, 0) is 12.1 Å². The average Bonchev–Trinajstić information content (AvgIpc) is 2.61. The predicted molar refractivity (Wildman–Crippen MR) is 96.4 cm³/mol. The summed E-state index contributed by atoms with van der Waals surface area (Å²) in [5, 5.41) is 4.87. The Labute approximate surface area is 160 Å². The number of benzene rings is 1. The van der Waals surface area contributed by atoms with Crippen molar-refractivity contribution in [2.45, 2.75) is 19.5 Å². The number of para-hydroxylation sites is 1. The third kappa shape index (κ3) is 6.52. The van der Waals surface area contributed by atoms with Gasteiger partial charge >= 0.3 is 6.18 Å². The molecule has 0 radical (unpaired) electrons. The number of halogens is 3. The van der Waals surface area contributed by atoms with Crippen LogP contribution in [0.3, 0.4) is 0 Å². The van der Waals surface area contributed by atoms with Crippen molar-refractivity contribution < 1.29 is 27.6 Å². The number of anilines is 1. The van der Waals surface area contributed by atoms with Crippen LogP contribution in [-0.2, 0) is 20.6 Å². The summed E-state index contributed by atoms with van der Waals surface area (Å²) in [4.78, 5) is 38.4. The van der Waals surface area contributed by atoms with Gasteiger partial charge in [-0.2, -0.15) is 13.2 Å². The Morgan fingerprint density at radius 3 is 2.32 bits per heavy atom. The second kappa shape index (κ2) is 9.54. The molecule has 1 aromatic carbocycles. The van der Waals surface area contributed by atoms with Crippen molar-refractivity contribution in [3.8, 4) is 0 Å². The van der Waals surface area contributed by atoms with Gasteiger partial charge in [0.25, 0.3) is 0 Å². The largest absolute Gasteiger partial charge is 0.418 e. The minimum Gasteiger partial charge on any atom is -0.356 e. The van der Waals surface area contributed by atoms with Crippen LogP contribution < -0.4 is 10.6 Å². The van der Waals surface area contributed by atoms with Gasteiger partial charge in [0.2, 0.25) is 17.7 Å². The molecule has 154 valence electrons. The lowest BCUT2D eigenvalue weighted by Crippen LogP contribution is -2.50. The highest BCUT2D eigenvalue weighted by Gasteiger charge is 2.33. The third-order valence-electron chi connectivity index (χ3n) is 4.31. The van der Waals surface area contributed by atoms with Gasteiger partial charge in [0.1, 0.15) is 0 Å². The van der Waals surface area contributed by atoms with Crippen LogP contribution >= 0.6 is 0 Å². The van der Waals surface area contributed by atoms with Crippen LogP contribution in [0.15, 0.2) is 24.3 Å². The van der Waals surface area contributed by atoms with Crippen molar-refractivity contribution in [2.24, 2.45) is 0 Å². The molecule has 0 saturated carbocycles. The molecule has 0 unspecified atom stereocenters. The quantitative estimate of drug-likeness (QED) is 0.755. The molecular formula is C18H23F3N4O3. The molecular weight excluding hydrogens is 377 g/mol. The summed E-state index contributed by atoms with van der Waals surface area (Å²) in [5.74, 6) is -0.824. The van der Waals surface area contributed by atoms with E-state index in [0.717, 1.165) is 6.07 Å². The molecule has 1 heterocycles. The van der Waals surface area contributed by atoms with Gasteiger partial charge in [0.05, 0.1) is 17.8 Å². The fourth-order valence-corrected chi connectivity index (χ4v) is 2.89. The van der Waals surface area contributed by atoms with E-state index in [9.17, 15) is 27.6 Å². The first-order valence-electron chi connectivity index (χ1n) is 8.87. The zero-order valence-electron chi connectivity index (χ0n) is 15.5. The number of carbonyl (C=O) groups is 3. The number of hydrogen-bond donors (Lipinski definition) is 2. The molecule has 0 spiro atoms. The van der Waals surface area contributed by atoms with Crippen LogP contribution in [-0.4, -0.2) is 66.8 Å². The summed E-state index contributed by atoms with van der Waals surface area (Å²) < 4.78 is 39.0. The maximum Gasteiger partial charge on any atom is 0.418 e. The molecule has 0 bridgehead atoms. The van der Waals surface area contributed by atoms with E-state index in [1.165, 1.54) is 25.1 Å². The number of piperazine rings is 1. The van der Waals surface area contributed by atoms with Crippen molar-refractivity contribution in [3.63, 3.8) is 0 Å². The molecule has 2 rings (SSSR count). The highest BCUT2D eigenvalue weighted by atomic mass is 19.4. The standard InChI is InChI=1S/C18H23F3N4O3/c1-13(26)22-7-6-17(28)25-10-8-24(9-11-25)12-16(27)23-15-5-3-2-4-14(15)18(19,20)21/h2-5H,6-12H2,1H3,(H,22,26)(H,23,27). The van der Waals surface area contributed by atoms with Crippen LogP contribution in [0.25, 0.3) is 0 Å². The van der Waals surface area contributed by atoms with Gasteiger partial charge in [-0.15, -0.1) is 0 Å². The number of amides is 3. The summed E-state index contributed by atoms with van der Waals surface area (Å²) >= 11 is 0. The summed E-state index contributed by atoms with van der Waals surface area (Å²) in [7, 11) is 0. The Balaban J connectivity index is 1.80. The highest BCUT2D eigenvalue weighted by molar-refractivity contribution is 5.93. The first-order valence-corrected chi connectivity index (χ1v) is 8.87. The zero-order valence-corrected chi connectivity index (χ0v) is 15.5. The first kappa shape index (κ1) is 21.7. The molecule has 10 heteroatoms. The van der Waals surface area contributed by atoms with Gasteiger partial charge in [-0.25, -0.2) is 0 Å². The van der Waals surface area contributed by atoms with Crippen LogP contribution in [0.1, 0.15) is 18.9 Å². The maximum atomic E-state index is 13.0. The van der Waals surface area contributed by atoms with Gasteiger partial charge < -0.3 is 15.5 Å². The molecule has 3 amide bonds. The number of rotatable bonds is 6. The molecule has 7 nitrogen and oxygen atoms in total. The molecule has 1 aliphatic heterocycles. The van der Waals surface area contributed by atoms with E-state index in [4.69, 9.17) is 0 Å². The van der Waals surface area contributed by atoms with Crippen molar-refractivity contribution in [2.75, 3.05) is 44.6 Å². The van der Waals surface area contributed by atoms with Crippen molar-refractivity contribution in [1.82, 2.24) is 15.1 Å². The normalized spacial score (nSPS) is 15.2. The van der Waals surface area contributed by atoms with Crippen LogP contribution in [0.2, 0.25) is 0 Å². The van der Waals surface area contributed by atoms with E-state index < -0.39 is 17.6 Å². The van der Waals surface area contributed by atoms with E-state index in [1.807, 2.05) is 0 Å². The molecule has 0 aliphatic carbocycles. The van der Waals surface area contributed by atoms with Crippen molar-refractivity contribution >= 4 is 23.4 Å². The number of carbonyl (C=O) groups excluding carboxylic acids is 3. The lowest BCUT2D eigenvalue weighted by atomic mass is 10.1. The minimum atomic E-state index is -4.55. The molecule has 0 aromatic heterocycles. The van der Waals surface area contributed by atoms with Crippen LogP contribution in [0.4, 0.5) is 18.9 Å². The number of nitrogens with zero attached hydrogens (tertiary/aromatic N) is 2. The average molecular weight is 400 g/mol. The second-order valence-corrected chi connectivity index (χ2v) is 6.48. The van der Waals surface area contributed by atoms with E-state index in [1.54, 1.807) is 9.80 Å². The number of hydrogen-bond acceptors (Lipinski definition) is 4. The minimum absolute atomic E-state index is 0.0554. The van der Waals surface area contributed by atoms with Gasteiger partial charge in [-0.3, -0.25) is 19.3 Å². The molecule has 1 aliphatic rings. The molecule has 1 aromatic rings. The molecule has 0 atom stereocenters. The van der Waals surface area contributed by atoms with Gasteiger partial charge in [0.15, 0.2) is 0 Å². The summed E-state index contributed by atoms with van der Waals surface area (Å²) in [6.07, 6.45) is -4.35. The lowest BCUT2D eigenvalue weighted by molar-refractivity contribution is -0.137. The Hall–Kier alpha value is -2.62. The van der Waals surface area contributed by atoms with Crippen molar-refractivity contribution in [1.29, 1.82) is 0 Å². The lowest BCUT2D eigenvalue weighted by Gasteiger charge is -2.34. The number of alkyl halides is 3. The van der Waals surface area contributed by atoms with E-state index in [0.29, 0.717) is 26.2 Å². The van der Waals surface area contributed by atoms with E-state index in [-0.39, 0.29) is 37.0 Å². The fourth-order valence-electron chi connectivity index (χ4n) is 2.89. The third-order valence-corrected chi connectivity index (χ3v) is 4.31. The maximum absolute atomic E-state index is 13.0. The van der Waals surface area contributed by atoms with Gasteiger partial charge in [-0.1, -0.05) is 12.1 Å². The molecule has 28 heavy (non-hydrogen) atoms. The predicted octanol–water partition coefficient (Wildman–Crippen LogP) is 1.31. The van der Waals surface area contributed by atoms with Crippen molar-refractivity contribution in [3.05, 3.63) is 29.8 Å². The topological polar surface area (TPSA) is 81.8 Å². The summed E-state index contributed by atoms with van der Waals surface area (Å²) in [6, 6.07) is 4.82. The highest BCUT2D eigenvalue weighted by Crippen LogP contribution is 2.34. The van der Waals surface area contributed by atoms with Gasteiger partial charge in [0, 0.05) is 46.1 Å². The fraction of sp³-hybridized carbons (Fsp3) is 0.500. The second-order valence-electron chi connectivity index (χ2n) is 6.48. The SMILES string of the molecule is CC(=O)NCCC(=O)N1CCN(CC(=O)Nc2ccccc2C(F)(F)F)CC1. The van der Waals surface area contributed by atoms with Crippen LogP contribution in [0, 0.1) is 0 Å². The van der Waals surface area contributed by atoms with E-state index in [2.05, 4.69) is 10.6 Å². The smallest absolute Gasteiger partial charge is 0.356 e. The zero-order chi connectivity index (χ0) is 20.7. The monoisotopic (exact) mass is 400 g/mol. The Kier molecular flexibility index (Phi) is 7.38. The molecule has 1 fully saturated rings. The molecule has 1 saturated heterocycles. The summed E-state index contributed by atoms with van der Waals surface area (Å²) in [6.45, 7) is 3.33. The Morgan fingerprint density at radius 1 is 1.07 bits per heavy atom.